The number of aliphatic hydroxyl groups excluding tert-OH is 1. The topological polar surface area (TPSA) is 237 Å². The Kier molecular flexibility index (Phi) is 75.8. The molecule has 0 saturated heterocycles. The number of rotatable bonds is 77. The van der Waals surface area contributed by atoms with Crippen LogP contribution in [0.1, 0.15) is 323 Å². The number of carbonyl (C=O) groups excluding carboxylic acids is 4. The van der Waals surface area contributed by atoms with Crippen LogP contribution in [-0.2, 0) is 65.4 Å². The normalized spacial score (nSPS) is 14.6. The lowest BCUT2D eigenvalue weighted by Crippen LogP contribution is -2.30. The number of ether oxygens (including phenoxy) is 4. The molecule has 0 aromatic heterocycles. The molecule has 19 heteroatoms. The molecule has 0 rings (SSSR count). The molecule has 0 aliphatic carbocycles. The van der Waals surface area contributed by atoms with Crippen molar-refractivity contribution in [2.75, 3.05) is 39.6 Å². The molecule has 3 N–H and O–H groups in total. The fourth-order valence-electron chi connectivity index (χ4n) is 10.6. The van der Waals surface area contributed by atoms with Crippen molar-refractivity contribution in [1.29, 1.82) is 0 Å². The highest BCUT2D eigenvalue weighted by Gasteiger charge is 2.30. The fourth-order valence-corrected chi connectivity index (χ4v) is 12.2. The number of aliphatic hydroxyl groups is 1. The van der Waals surface area contributed by atoms with Crippen LogP contribution in [0.5, 0.6) is 0 Å². The molecule has 0 aliphatic rings. The lowest BCUT2D eigenvalue weighted by molar-refractivity contribution is -0.161. The Balaban J connectivity index is 5.53. The standard InChI is InChI=1S/C89H148O17P2/c1-5-9-13-17-21-25-29-33-37-39-41-43-47-51-55-59-63-67-71-75-88(93)105-84(79-99-86(91)73-69-65-61-57-53-49-45-35-31-27-23-19-15-11-7-3)81-103-107(95,96)101-77-83(90)78-102-108(97,98)104-82-85(80-100-87(92)74-70-66-62-58-54-50-46-36-32-28-24-20-16-12-8-4)106-89(94)76-72-68-64-60-56-52-48-44-42-40-38-34-30-26-22-18-14-10-6-2/h9,13,21-22,25-26,33-38,41-46,51-52,55-56,63-64,67-68,83-85,90H,5-8,10-12,14-20,23-24,27-32,39-40,47-50,53-54,57-62,65-66,69-82H2,1-4H3,(H,95,96)(H,97,98)/b13-9-,25-21-,26-22-,37-33-,38-34-,43-41-,44-42-,45-35-,46-36-,55-51-,56-52-,67-63-,68-64-/t83-,84-,85-/m1/s1. The molecule has 0 heterocycles. The number of unbranched alkanes of at least 4 members (excludes halogenated alkanes) is 25. The summed E-state index contributed by atoms with van der Waals surface area (Å²) in [5, 5.41) is 10.7. The van der Waals surface area contributed by atoms with Gasteiger partial charge < -0.3 is 33.8 Å². The zero-order valence-electron chi connectivity index (χ0n) is 67.5. The van der Waals surface area contributed by atoms with E-state index >= 15 is 0 Å². The average Bonchev–Trinajstić information content (AvgIpc) is 0.907. The van der Waals surface area contributed by atoms with Gasteiger partial charge in [-0.25, -0.2) is 9.13 Å². The SMILES string of the molecule is CC/C=C\C/C=C\C/C=C\C/C=C\C/C=C\C/C=C\CCC(=O)O[C@H](COC(=O)CCCCCCC/C=C\CCCCCCCC)COP(=O)(O)OC[C@@H](O)COP(=O)(O)OC[C@@H](COC(=O)CCCCCCC/C=C\CCCCCCCC)OC(=O)CC/C=C\C/C=C\C/C=C\C/C=C\C/C=C\CCCCC. The summed E-state index contributed by atoms with van der Waals surface area (Å²) in [6.07, 6.45) is 93.9. The summed E-state index contributed by atoms with van der Waals surface area (Å²) in [5.41, 5.74) is 0. The van der Waals surface area contributed by atoms with E-state index in [0.29, 0.717) is 38.5 Å². The van der Waals surface area contributed by atoms with Crippen LogP contribution in [0, 0.1) is 0 Å². The van der Waals surface area contributed by atoms with Crippen molar-refractivity contribution in [3.63, 3.8) is 0 Å². The maximum atomic E-state index is 13.1. The summed E-state index contributed by atoms with van der Waals surface area (Å²) < 4.78 is 68.5. The molecule has 0 aliphatic heterocycles. The second-order valence-corrected chi connectivity index (χ2v) is 30.2. The number of hydrogen-bond donors (Lipinski definition) is 3. The van der Waals surface area contributed by atoms with Gasteiger partial charge in [0, 0.05) is 25.7 Å². The summed E-state index contributed by atoms with van der Waals surface area (Å²) in [7, 11) is -10.0. The van der Waals surface area contributed by atoms with Crippen molar-refractivity contribution in [3.8, 4) is 0 Å². The molecule has 0 radical (unpaired) electrons. The van der Waals surface area contributed by atoms with Gasteiger partial charge in [0.2, 0.25) is 0 Å². The van der Waals surface area contributed by atoms with Gasteiger partial charge in [0.05, 0.1) is 26.4 Å². The van der Waals surface area contributed by atoms with Crippen LogP contribution < -0.4 is 0 Å². The van der Waals surface area contributed by atoms with Gasteiger partial charge in [-0.3, -0.25) is 37.3 Å². The molecule has 5 atom stereocenters. The first-order valence-electron chi connectivity index (χ1n) is 41.7. The van der Waals surface area contributed by atoms with Crippen LogP contribution in [0.25, 0.3) is 0 Å². The molecule has 0 aromatic rings. The molecule has 0 saturated carbocycles. The zero-order valence-corrected chi connectivity index (χ0v) is 69.3. The highest BCUT2D eigenvalue weighted by atomic mass is 31.2. The van der Waals surface area contributed by atoms with E-state index in [-0.39, 0.29) is 25.7 Å². The first-order chi connectivity index (χ1) is 52.7. The maximum absolute atomic E-state index is 13.1. The first kappa shape index (κ1) is 103. The van der Waals surface area contributed by atoms with Gasteiger partial charge in [0.1, 0.15) is 19.3 Å². The van der Waals surface area contributed by atoms with Crippen molar-refractivity contribution >= 4 is 39.5 Å². The van der Waals surface area contributed by atoms with Crippen LogP contribution in [0.3, 0.4) is 0 Å². The van der Waals surface area contributed by atoms with Gasteiger partial charge in [-0.1, -0.05) is 301 Å². The zero-order chi connectivity index (χ0) is 78.9. The van der Waals surface area contributed by atoms with E-state index in [1.807, 2.05) is 36.5 Å². The highest BCUT2D eigenvalue weighted by molar-refractivity contribution is 7.47. The largest absolute Gasteiger partial charge is 0.472 e. The Bertz CT molecular complexity index is 2660. The van der Waals surface area contributed by atoms with Crippen LogP contribution in [0.2, 0.25) is 0 Å². The number of hydrogen-bond acceptors (Lipinski definition) is 15. The smallest absolute Gasteiger partial charge is 0.462 e. The van der Waals surface area contributed by atoms with Gasteiger partial charge in [-0.2, -0.15) is 0 Å². The van der Waals surface area contributed by atoms with Crippen LogP contribution in [0.15, 0.2) is 158 Å². The summed E-state index contributed by atoms with van der Waals surface area (Å²) in [5.74, 6) is -2.39. The Hall–Kier alpha value is -5.32. The van der Waals surface area contributed by atoms with E-state index in [9.17, 15) is 43.2 Å². The average molecular weight is 1550 g/mol. The molecule has 616 valence electrons. The minimum absolute atomic E-state index is 0.0361. The van der Waals surface area contributed by atoms with Crippen molar-refractivity contribution in [2.24, 2.45) is 0 Å². The first-order valence-corrected chi connectivity index (χ1v) is 44.7. The van der Waals surface area contributed by atoms with Crippen molar-refractivity contribution in [3.05, 3.63) is 158 Å². The lowest BCUT2D eigenvalue weighted by atomic mass is 10.1. The predicted octanol–water partition coefficient (Wildman–Crippen LogP) is 24.8. The molecular weight excluding hydrogens is 1400 g/mol. The van der Waals surface area contributed by atoms with Crippen LogP contribution in [0.4, 0.5) is 0 Å². The third-order valence-corrected chi connectivity index (χ3v) is 18.9. The van der Waals surface area contributed by atoms with Crippen molar-refractivity contribution < 1.29 is 80.2 Å². The summed E-state index contributed by atoms with van der Waals surface area (Å²) in [6, 6.07) is 0. The molecule has 17 nitrogen and oxygen atoms in total. The van der Waals surface area contributed by atoms with E-state index in [2.05, 4.69) is 149 Å². The van der Waals surface area contributed by atoms with E-state index in [1.54, 1.807) is 0 Å². The number of carbonyl (C=O) groups is 4. The summed E-state index contributed by atoms with van der Waals surface area (Å²) in [6.45, 7) is 4.54. The Morgan fingerprint density at radius 2 is 0.500 bits per heavy atom. The highest BCUT2D eigenvalue weighted by Crippen LogP contribution is 2.45. The van der Waals surface area contributed by atoms with Crippen molar-refractivity contribution in [2.45, 2.75) is 341 Å². The Morgan fingerprint density at radius 1 is 0.269 bits per heavy atom. The van der Waals surface area contributed by atoms with Gasteiger partial charge in [-0.15, -0.1) is 0 Å². The van der Waals surface area contributed by atoms with E-state index in [4.69, 9.17) is 37.0 Å². The Morgan fingerprint density at radius 3 is 0.806 bits per heavy atom. The van der Waals surface area contributed by atoms with Crippen LogP contribution >= 0.6 is 15.6 Å². The molecular formula is C89H148O17P2. The number of allylic oxidation sites excluding steroid dienone is 26. The molecule has 0 aromatic carbocycles. The molecule has 2 unspecified atom stereocenters. The number of phosphoric ester groups is 2. The molecule has 0 amide bonds. The number of phosphoric acid groups is 2. The van der Waals surface area contributed by atoms with Gasteiger partial charge in [-0.05, 0) is 154 Å². The minimum atomic E-state index is -5.01. The lowest BCUT2D eigenvalue weighted by Gasteiger charge is -2.21. The second-order valence-electron chi connectivity index (χ2n) is 27.3. The van der Waals surface area contributed by atoms with E-state index in [0.717, 1.165) is 135 Å². The minimum Gasteiger partial charge on any atom is -0.462 e. The molecule has 0 bridgehead atoms. The van der Waals surface area contributed by atoms with E-state index in [1.165, 1.54) is 96.3 Å². The van der Waals surface area contributed by atoms with Gasteiger partial charge >= 0.3 is 39.5 Å². The maximum Gasteiger partial charge on any atom is 0.472 e. The molecule has 108 heavy (non-hydrogen) atoms. The Labute approximate surface area is 655 Å². The monoisotopic (exact) mass is 1550 g/mol. The fraction of sp³-hybridized carbons (Fsp3) is 0.663. The van der Waals surface area contributed by atoms with Crippen molar-refractivity contribution in [1.82, 2.24) is 0 Å². The van der Waals surface area contributed by atoms with Gasteiger partial charge in [0.25, 0.3) is 0 Å². The second kappa shape index (κ2) is 79.8. The summed E-state index contributed by atoms with van der Waals surface area (Å²) >= 11 is 0. The molecule has 0 spiro atoms. The van der Waals surface area contributed by atoms with Crippen LogP contribution in [-0.4, -0.2) is 96.7 Å². The number of esters is 4. The van der Waals surface area contributed by atoms with Gasteiger partial charge in [0.15, 0.2) is 12.2 Å². The third-order valence-electron chi connectivity index (χ3n) is 17.0. The summed E-state index contributed by atoms with van der Waals surface area (Å²) in [4.78, 5) is 73.1. The third kappa shape index (κ3) is 78.8. The van der Waals surface area contributed by atoms with E-state index < -0.39 is 97.5 Å². The predicted molar refractivity (Wildman–Crippen MR) is 445 cm³/mol. The molecule has 0 fully saturated rings. The quantitative estimate of drug-likeness (QED) is 0.0169.